The highest BCUT2D eigenvalue weighted by atomic mass is 16.5. The summed E-state index contributed by atoms with van der Waals surface area (Å²) in [6.07, 6.45) is -0.594. The minimum Gasteiger partial charge on any atom is -0.493 e. The van der Waals surface area contributed by atoms with Crippen molar-refractivity contribution in [2.75, 3.05) is 47.1 Å². The largest absolute Gasteiger partial charge is 0.493 e. The maximum atomic E-state index is 10.4. The Morgan fingerprint density at radius 3 is 2.57 bits per heavy atom. The van der Waals surface area contributed by atoms with Crippen molar-refractivity contribution in [2.45, 2.75) is 26.1 Å². The third-order valence-electron chi connectivity index (χ3n) is 5.26. The average Bonchev–Trinajstić information content (AvgIpc) is 2.71. The van der Waals surface area contributed by atoms with E-state index >= 15 is 0 Å². The smallest absolute Gasteiger partial charge is 0.161 e. The summed E-state index contributed by atoms with van der Waals surface area (Å²) in [5, 5.41) is 13.9. The number of nitrogens with zero attached hydrogens (tertiary/aromatic N) is 1. The molecule has 30 heavy (non-hydrogen) atoms. The molecule has 0 spiro atoms. The predicted octanol–water partition coefficient (Wildman–Crippen LogP) is 2.69. The van der Waals surface area contributed by atoms with Crippen LogP contribution in [-0.4, -0.2) is 63.2 Å². The molecule has 2 N–H and O–H groups in total. The molecule has 164 valence electrons. The molecule has 6 heteroatoms. The third-order valence-corrected chi connectivity index (χ3v) is 5.26. The van der Waals surface area contributed by atoms with Crippen LogP contribution >= 0.6 is 0 Å². The van der Waals surface area contributed by atoms with Crippen LogP contribution in [0.2, 0.25) is 0 Å². The topological polar surface area (TPSA) is 63.2 Å². The van der Waals surface area contributed by atoms with Gasteiger partial charge >= 0.3 is 0 Å². The van der Waals surface area contributed by atoms with E-state index in [0.29, 0.717) is 18.0 Å². The molecule has 0 aliphatic carbocycles. The van der Waals surface area contributed by atoms with Crippen molar-refractivity contribution in [3.8, 4) is 11.5 Å². The molecule has 3 rings (SSSR count). The van der Waals surface area contributed by atoms with E-state index in [1.165, 1.54) is 5.56 Å². The number of hydrogen-bond donors (Lipinski definition) is 2. The van der Waals surface area contributed by atoms with Gasteiger partial charge in [0, 0.05) is 31.6 Å². The van der Waals surface area contributed by atoms with Crippen LogP contribution in [0, 0.1) is 5.41 Å². The number of aliphatic hydroxyl groups excluding tert-OH is 1. The van der Waals surface area contributed by atoms with Crippen molar-refractivity contribution in [3.63, 3.8) is 0 Å². The van der Waals surface area contributed by atoms with Crippen molar-refractivity contribution >= 4 is 0 Å². The van der Waals surface area contributed by atoms with E-state index in [-0.39, 0.29) is 12.0 Å². The van der Waals surface area contributed by atoms with Gasteiger partial charge < -0.3 is 24.6 Å². The maximum Gasteiger partial charge on any atom is 0.161 e. The Hall–Kier alpha value is -2.12. The van der Waals surface area contributed by atoms with Crippen LogP contribution in [0.4, 0.5) is 0 Å². The van der Waals surface area contributed by atoms with E-state index in [4.69, 9.17) is 14.2 Å². The summed E-state index contributed by atoms with van der Waals surface area (Å²) in [5.74, 6) is 1.32. The second kappa shape index (κ2) is 10.8. The monoisotopic (exact) mass is 414 g/mol. The molecule has 1 unspecified atom stereocenters. The first-order valence-corrected chi connectivity index (χ1v) is 10.5. The average molecular weight is 415 g/mol. The summed E-state index contributed by atoms with van der Waals surface area (Å²) in [7, 11) is 3.62. The summed E-state index contributed by atoms with van der Waals surface area (Å²) in [6.45, 7) is 7.04. The van der Waals surface area contributed by atoms with Crippen LogP contribution < -0.4 is 14.8 Å². The van der Waals surface area contributed by atoms with Gasteiger partial charge in [0.1, 0.15) is 12.7 Å². The van der Waals surface area contributed by atoms with Crippen LogP contribution in [-0.2, 0) is 17.8 Å². The summed E-state index contributed by atoms with van der Waals surface area (Å²) in [6, 6.07) is 16.1. The van der Waals surface area contributed by atoms with Crippen molar-refractivity contribution in [1.82, 2.24) is 10.2 Å². The van der Waals surface area contributed by atoms with E-state index in [0.717, 1.165) is 38.4 Å². The van der Waals surface area contributed by atoms with Crippen LogP contribution in [0.1, 0.15) is 18.1 Å². The quantitative estimate of drug-likeness (QED) is 0.557. The van der Waals surface area contributed by atoms with Crippen molar-refractivity contribution in [2.24, 2.45) is 5.41 Å². The van der Waals surface area contributed by atoms with Gasteiger partial charge in [-0.3, -0.25) is 4.90 Å². The van der Waals surface area contributed by atoms with Crippen molar-refractivity contribution < 1.29 is 19.3 Å². The van der Waals surface area contributed by atoms with Gasteiger partial charge in [-0.15, -0.1) is 0 Å². The summed E-state index contributed by atoms with van der Waals surface area (Å²) < 4.78 is 16.6. The molecule has 0 radical (unpaired) electrons. The first-order valence-electron chi connectivity index (χ1n) is 10.5. The Morgan fingerprint density at radius 2 is 1.90 bits per heavy atom. The molecule has 6 nitrogen and oxygen atoms in total. The summed E-state index contributed by atoms with van der Waals surface area (Å²) >= 11 is 0. The molecule has 1 saturated heterocycles. The van der Waals surface area contributed by atoms with Crippen molar-refractivity contribution in [3.05, 3.63) is 59.7 Å². The number of methoxy groups -OCH3 is 1. The Balaban J connectivity index is 1.47. The van der Waals surface area contributed by atoms with Crippen molar-refractivity contribution in [1.29, 1.82) is 0 Å². The highest BCUT2D eigenvalue weighted by molar-refractivity contribution is 5.43. The van der Waals surface area contributed by atoms with Crippen LogP contribution in [0.25, 0.3) is 0 Å². The molecule has 0 amide bonds. The predicted molar refractivity (Wildman–Crippen MR) is 118 cm³/mol. The van der Waals surface area contributed by atoms with Gasteiger partial charge in [-0.05, 0) is 30.3 Å². The van der Waals surface area contributed by atoms with Gasteiger partial charge in [-0.2, -0.15) is 0 Å². The Bertz CT molecular complexity index is 780. The Morgan fingerprint density at radius 1 is 1.13 bits per heavy atom. The minimum absolute atomic E-state index is 0.210. The van der Waals surface area contributed by atoms with Crippen LogP contribution in [0.3, 0.4) is 0 Å². The third kappa shape index (κ3) is 6.71. The number of rotatable bonds is 12. The molecule has 1 atom stereocenters. The van der Waals surface area contributed by atoms with E-state index in [9.17, 15) is 5.11 Å². The molecule has 1 fully saturated rings. The molecule has 1 heterocycles. The van der Waals surface area contributed by atoms with E-state index in [2.05, 4.69) is 29.3 Å². The zero-order chi connectivity index (χ0) is 21.4. The van der Waals surface area contributed by atoms with E-state index in [1.54, 1.807) is 7.11 Å². The number of nitrogens with one attached hydrogen (secondary N) is 1. The number of likely N-dealkylation sites (N-methyl/N-ethyl adjacent to an activating group) is 1. The maximum absolute atomic E-state index is 10.4. The molecule has 1 aliphatic rings. The Kier molecular flexibility index (Phi) is 8.10. The molecule has 0 bridgehead atoms. The lowest BCUT2D eigenvalue weighted by molar-refractivity contribution is -0.0991. The lowest BCUT2D eigenvalue weighted by atomic mass is 9.89. The summed E-state index contributed by atoms with van der Waals surface area (Å²) in [4.78, 5) is 2.09. The molecule has 2 aromatic carbocycles. The number of aliphatic hydroxyl groups is 1. The lowest BCUT2D eigenvalue weighted by Crippen LogP contribution is -2.47. The lowest BCUT2D eigenvalue weighted by Gasteiger charge is -2.38. The highest BCUT2D eigenvalue weighted by Crippen LogP contribution is 2.29. The van der Waals surface area contributed by atoms with Gasteiger partial charge in [0.2, 0.25) is 0 Å². The second-order valence-corrected chi connectivity index (χ2v) is 8.54. The minimum atomic E-state index is -0.594. The molecule has 0 aromatic heterocycles. The van der Waals surface area contributed by atoms with Gasteiger partial charge in [0.25, 0.3) is 0 Å². The summed E-state index contributed by atoms with van der Waals surface area (Å²) in [5.41, 5.74) is 2.57. The highest BCUT2D eigenvalue weighted by Gasteiger charge is 2.32. The zero-order valence-corrected chi connectivity index (χ0v) is 18.3. The van der Waals surface area contributed by atoms with Gasteiger partial charge in [0.05, 0.1) is 20.3 Å². The molecule has 1 aliphatic heterocycles. The number of hydrogen-bond acceptors (Lipinski definition) is 6. The molecular formula is C24H34N2O4. The van der Waals surface area contributed by atoms with E-state index in [1.807, 2.05) is 43.4 Å². The van der Waals surface area contributed by atoms with E-state index < -0.39 is 6.10 Å². The van der Waals surface area contributed by atoms with Crippen LogP contribution in [0.15, 0.2) is 48.5 Å². The molecule has 0 saturated carbocycles. The Labute approximate surface area is 179 Å². The number of ether oxygens (including phenoxy) is 3. The van der Waals surface area contributed by atoms with Gasteiger partial charge in [-0.25, -0.2) is 0 Å². The fourth-order valence-corrected chi connectivity index (χ4v) is 3.56. The zero-order valence-electron chi connectivity index (χ0n) is 18.3. The first-order chi connectivity index (χ1) is 14.5. The van der Waals surface area contributed by atoms with Gasteiger partial charge in [-0.1, -0.05) is 43.3 Å². The molecular weight excluding hydrogens is 380 g/mol. The SMILES string of the molecule is COc1ccc(CNCC2(C)COC2)cc1OCC(O)CN(C)Cc1ccccc1. The fraction of sp³-hybridized carbons (Fsp3) is 0.500. The fourth-order valence-electron chi connectivity index (χ4n) is 3.56. The first kappa shape index (κ1) is 22.6. The number of benzene rings is 2. The normalized spacial score (nSPS) is 16.2. The standard InChI is InChI=1S/C24H34N2O4/c1-24(17-29-18-24)16-25-12-20-9-10-22(28-3)23(11-20)30-15-21(27)14-26(2)13-19-7-5-4-6-8-19/h4-11,21,25,27H,12-18H2,1-3H3. The van der Waals surface area contributed by atoms with Crippen LogP contribution in [0.5, 0.6) is 11.5 Å². The second-order valence-electron chi connectivity index (χ2n) is 8.54. The molecule has 2 aromatic rings. The van der Waals surface area contributed by atoms with Gasteiger partial charge in [0.15, 0.2) is 11.5 Å².